The fraction of sp³-hybridized carbons (Fsp3) is 0.533. The lowest BCUT2D eigenvalue weighted by molar-refractivity contribution is -0.133. The van der Waals surface area contributed by atoms with E-state index in [1.54, 1.807) is 12.0 Å². The van der Waals surface area contributed by atoms with Crippen molar-refractivity contribution in [1.82, 2.24) is 4.90 Å². The quantitative estimate of drug-likeness (QED) is 0.852. The van der Waals surface area contributed by atoms with Crippen molar-refractivity contribution in [3.05, 3.63) is 29.3 Å². The molecule has 1 rings (SSSR count). The largest absolute Gasteiger partial charge is 0.496 e. The normalized spacial score (nSPS) is 12.1. The zero-order chi connectivity index (χ0) is 14.4. The van der Waals surface area contributed by atoms with Crippen LogP contribution in [0.1, 0.15) is 25.0 Å². The number of nitrogens with two attached hydrogens (primary N) is 1. The van der Waals surface area contributed by atoms with Crippen LogP contribution in [0, 0.1) is 5.92 Å². The van der Waals surface area contributed by atoms with Gasteiger partial charge in [-0.25, -0.2) is 0 Å². The maximum atomic E-state index is 12.0. The van der Waals surface area contributed by atoms with E-state index in [1.165, 1.54) is 0 Å². The Labute approximate surface area is 115 Å². The number of amides is 1. The first-order valence-electron chi connectivity index (χ1n) is 6.64. The molecule has 0 fully saturated rings. The first-order chi connectivity index (χ1) is 9.03. The van der Waals surface area contributed by atoms with Crippen LogP contribution in [0.3, 0.4) is 0 Å². The van der Waals surface area contributed by atoms with Crippen LogP contribution in [-0.4, -0.2) is 31.5 Å². The van der Waals surface area contributed by atoms with Gasteiger partial charge in [0.25, 0.3) is 0 Å². The van der Waals surface area contributed by atoms with E-state index in [-0.39, 0.29) is 11.8 Å². The van der Waals surface area contributed by atoms with Crippen LogP contribution >= 0.6 is 0 Å². The molecule has 2 N–H and O–H groups in total. The van der Waals surface area contributed by atoms with E-state index in [0.29, 0.717) is 13.1 Å². The molecular weight excluding hydrogens is 240 g/mol. The molecule has 0 spiro atoms. The average molecular weight is 264 g/mol. The molecule has 1 atom stereocenters. The van der Waals surface area contributed by atoms with Gasteiger partial charge in [0.2, 0.25) is 5.91 Å². The number of benzene rings is 1. The van der Waals surface area contributed by atoms with Gasteiger partial charge in [0.15, 0.2) is 0 Å². The number of carbonyl (C=O) groups is 1. The highest BCUT2D eigenvalue weighted by Crippen LogP contribution is 2.21. The summed E-state index contributed by atoms with van der Waals surface area (Å²) in [7, 11) is 3.48. The molecule has 0 aliphatic heterocycles. The molecular formula is C15H24N2O2. The summed E-state index contributed by atoms with van der Waals surface area (Å²) >= 11 is 0. The number of hydrogen-bond acceptors (Lipinski definition) is 3. The molecule has 106 valence electrons. The number of methoxy groups -OCH3 is 1. The van der Waals surface area contributed by atoms with Gasteiger partial charge in [0, 0.05) is 26.1 Å². The van der Waals surface area contributed by atoms with Gasteiger partial charge in [-0.3, -0.25) is 4.79 Å². The summed E-state index contributed by atoms with van der Waals surface area (Å²) in [6, 6.07) is 6.05. The lowest BCUT2D eigenvalue weighted by atomic mass is 10.1. The van der Waals surface area contributed by atoms with Crippen molar-refractivity contribution in [1.29, 1.82) is 0 Å². The maximum Gasteiger partial charge on any atom is 0.226 e. The summed E-state index contributed by atoms with van der Waals surface area (Å²) in [5.74, 6) is 0.848. The maximum absolute atomic E-state index is 12.0. The summed E-state index contributed by atoms with van der Waals surface area (Å²) in [6.07, 6.45) is 0.911. The summed E-state index contributed by atoms with van der Waals surface area (Å²) in [6.45, 7) is 4.92. The molecule has 0 bridgehead atoms. The second kappa shape index (κ2) is 7.14. The third-order valence-electron chi connectivity index (χ3n) is 3.30. The van der Waals surface area contributed by atoms with Gasteiger partial charge in [-0.15, -0.1) is 0 Å². The third kappa shape index (κ3) is 3.96. The SMILES string of the molecule is CCc1cc(CN(C)C(=O)C(C)CN)ccc1OC. The minimum atomic E-state index is -0.131. The highest BCUT2D eigenvalue weighted by molar-refractivity contribution is 5.78. The number of rotatable bonds is 6. The van der Waals surface area contributed by atoms with Gasteiger partial charge >= 0.3 is 0 Å². The second-order valence-electron chi connectivity index (χ2n) is 4.83. The number of hydrogen-bond donors (Lipinski definition) is 1. The highest BCUT2D eigenvalue weighted by Gasteiger charge is 2.16. The van der Waals surface area contributed by atoms with Crippen LogP contribution in [0.4, 0.5) is 0 Å². The fourth-order valence-corrected chi connectivity index (χ4v) is 2.04. The molecule has 1 aromatic carbocycles. The van der Waals surface area contributed by atoms with Crippen molar-refractivity contribution < 1.29 is 9.53 Å². The van der Waals surface area contributed by atoms with E-state index in [4.69, 9.17) is 10.5 Å². The zero-order valence-corrected chi connectivity index (χ0v) is 12.3. The van der Waals surface area contributed by atoms with Crippen molar-refractivity contribution in [2.45, 2.75) is 26.8 Å². The summed E-state index contributed by atoms with van der Waals surface area (Å²) in [5.41, 5.74) is 7.79. The predicted octanol–water partition coefficient (Wildman–Crippen LogP) is 1.81. The molecule has 0 saturated heterocycles. The van der Waals surface area contributed by atoms with E-state index in [0.717, 1.165) is 23.3 Å². The molecule has 0 heterocycles. The molecule has 1 unspecified atom stereocenters. The van der Waals surface area contributed by atoms with Crippen LogP contribution in [-0.2, 0) is 17.8 Å². The Morgan fingerprint density at radius 1 is 1.47 bits per heavy atom. The smallest absolute Gasteiger partial charge is 0.226 e. The number of ether oxygens (including phenoxy) is 1. The Hall–Kier alpha value is -1.55. The van der Waals surface area contributed by atoms with Crippen molar-refractivity contribution in [3.63, 3.8) is 0 Å². The summed E-state index contributed by atoms with van der Waals surface area (Å²) in [5, 5.41) is 0. The fourth-order valence-electron chi connectivity index (χ4n) is 2.04. The molecule has 0 radical (unpaired) electrons. The molecule has 4 heteroatoms. The Kier molecular flexibility index (Phi) is 5.83. The highest BCUT2D eigenvalue weighted by atomic mass is 16.5. The van der Waals surface area contributed by atoms with Gasteiger partial charge in [0.1, 0.15) is 5.75 Å². The lowest BCUT2D eigenvalue weighted by Crippen LogP contribution is -2.34. The van der Waals surface area contributed by atoms with E-state index < -0.39 is 0 Å². The number of nitrogens with zero attached hydrogens (tertiary/aromatic N) is 1. The summed E-state index contributed by atoms with van der Waals surface area (Å²) < 4.78 is 5.30. The standard InChI is InChI=1S/C15H24N2O2/c1-5-13-8-12(6-7-14(13)19-4)10-17(3)15(18)11(2)9-16/h6-8,11H,5,9-10,16H2,1-4H3. The molecule has 1 amide bonds. The van der Waals surface area contributed by atoms with Gasteiger partial charge in [0.05, 0.1) is 7.11 Å². The number of aryl methyl sites for hydroxylation is 1. The van der Waals surface area contributed by atoms with Crippen LogP contribution in [0.15, 0.2) is 18.2 Å². The van der Waals surface area contributed by atoms with Crippen molar-refractivity contribution >= 4 is 5.91 Å². The Morgan fingerprint density at radius 2 is 2.16 bits per heavy atom. The van der Waals surface area contributed by atoms with Crippen LogP contribution < -0.4 is 10.5 Å². The molecule has 0 aromatic heterocycles. The topological polar surface area (TPSA) is 55.6 Å². The summed E-state index contributed by atoms with van der Waals surface area (Å²) in [4.78, 5) is 13.7. The second-order valence-corrected chi connectivity index (χ2v) is 4.83. The zero-order valence-electron chi connectivity index (χ0n) is 12.3. The van der Waals surface area contributed by atoms with E-state index in [1.807, 2.05) is 26.1 Å². The molecule has 0 aliphatic rings. The van der Waals surface area contributed by atoms with Gasteiger partial charge in [-0.05, 0) is 23.6 Å². The van der Waals surface area contributed by atoms with Crippen LogP contribution in [0.5, 0.6) is 5.75 Å². The third-order valence-corrected chi connectivity index (χ3v) is 3.30. The van der Waals surface area contributed by atoms with E-state index in [2.05, 4.69) is 13.0 Å². The molecule has 1 aromatic rings. The molecule has 0 saturated carbocycles. The van der Waals surface area contributed by atoms with Crippen molar-refractivity contribution in [2.75, 3.05) is 20.7 Å². The number of carbonyl (C=O) groups excluding carboxylic acids is 1. The molecule has 19 heavy (non-hydrogen) atoms. The predicted molar refractivity (Wildman–Crippen MR) is 77.1 cm³/mol. The lowest BCUT2D eigenvalue weighted by Gasteiger charge is -2.21. The Morgan fingerprint density at radius 3 is 2.68 bits per heavy atom. The van der Waals surface area contributed by atoms with Crippen molar-refractivity contribution in [3.8, 4) is 5.75 Å². The van der Waals surface area contributed by atoms with E-state index >= 15 is 0 Å². The monoisotopic (exact) mass is 264 g/mol. The Balaban J connectivity index is 2.79. The Bertz CT molecular complexity index is 432. The first kappa shape index (κ1) is 15.5. The minimum Gasteiger partial charge on any atom is -0.496 e. The minimum absolute atomic E-state index is 0.0800. The van der Waals surface area contributed by atoms with Gasteiger partial charge < -0.3 is 15.4 Å². The van der Waals surface area contributed by atoms with Crippen LogP contribution in [0.2, 0.25) is 0 Å². The van der Waals surface area contributed by atoms with Gasteiger partial charge in [-0.2, -0.15) is 0 Å². The molecule has 0 aliphatic carbocycles. The molecule has 4 nitrogen and oxygen atoms in total. The van der Waals surface area contributed by atoms with E-state index in [9.17, 15) is 4.79 Å². The first-order valence-corrected chi connectivity index (χ1v) is 6.64. The van der Waals surface area contributed by atoms with Crippen molar-refractivity contribution in [2.24, 2.45) is 11.7 Å². The van der Waals surface area contributed by atoms with Crippen LogP contribution in [0.25, 0.3) is 0 Å². The van der Waals surface area contributed by atoms with Gasteiger partial charge in [-0.1, -0.05) is 26.0 Å². The average Bonchev–Trinajstić information content (AvgIpc) is 2.45.